The van der Waals surface area contributed by atoms with Crippen molar-refractivity contribution >= 4 is 11.8 Å². The van der Waals surface area contributed by atoms with Gasteiger partial charge in [-0.15, -0.1) is 0 Å². The van der Waals surface area contributed by atoms with Gasteiger partial charge in [0.05, 0.1) is 24.2 Å². The topological polar surface area (TPSA) is 63.4 Å². The standard InChI is InChI=1S/C18H14N2O2/c19-11-3-4-13-7-9-14(10-8-13)12-20-17(21)15-5-1-2-6-16(15)18(20)22/h1-2,5-10H,11-12,19H2. The van der Waals surface area contributed by atoms with Gasteiger partial charge in [0.15, 0.2) is 0 Å². The van der Waals surface area contributed by atoms with Crippen molar-refractivity contribution < 1.29 is 9.59 Å². The molecule has 22 heavy (non-hydrogen) atoms. The largest absolute Gasteiger partial charge is 0.320 e. The molecule has 1 heterocycles. The number of imide groups is 1. The van der Waals surface area contributed by atoms with Gasteiger partial charge in [0.25, 0.3) is 11.8 Å². The number of benzene rings is 2. The van der Waals surface area contributed by atoms with Crippen LogP contribution in [0.3, 0.4) is 0 Å². The average Bonchev–Trinajstić information content (AvgIpc) is 2.80. The van der Waals surface area contributed by atoms with E-state index >= 15 is 0 Å². The summed E-state index contributed by atoms with van der Waals surface area (Å²) in [7, 11) is 0. The lowest BCUT2D eigenvalue weighted by atomic mass is 10.1. The number of fused-ring (bicyclic) bond motifs is 1. The second kappa shape index (κ2) is 5.84. The van der Waals surface area contributed by atoms with E-state index in [4.69, 9.17) is 5.73 Å². The molecule has 2 aromatic carbocycles. The minimum Gasteiger partial charge on any atom is -0.320 e. The molecule has 0 spiro atoms. The summed E-state index contributed by atoms with van der Waals surface area (Å²) in [4.78, 5) is 25.8. The Kier molecular flexibility index (Phi) is 3.73. The van der Waals surface area contributed by atoms with Gasteiger partial charge in [0.1, 0.15) is 0 Å². The number of carbonyl (C=O) groups is 2. The minimum absolute atomic E-state index is 0.243. The maximum Gasteiger partial charge on any atom is 0.261 e. The molecule has 1 aliphatic rings. The van der Waals surface area contributed by atoms with Crippen LogP contribution in [-0.4, -0.2) is 23.3 Å². The fourth-order valence-corrected chi connectivity index (χ4v) is 2.41. The molecule has 0 saturated carbocycles. The Morgan fingerprint density at radius 3 is 2.05 bits per heavy atom. The molecule has 4 nitrogen and oxygen atoms in total. The summed E-state index contributed by atoms with van der Waals surface area (Å²) in [6.07, 6.45) is 0. The molecule has 1 aliphatic heterocycles. The van der Waals surface area contributed by atoms with Crippen LogP contribution >= 0.6 is 0 Å². The second-order valence-corrected chi connectivity index (χ2v) is 4.94. The Morgan fingerprint density at radius 1 is 0.909 bits per heavy atom. The highest BCUT2D eigenvalue weighted by molar-refractivity contribution is 6.21. The van der Waals surface area contributed by atoms with E-state index in [1.807, 2.05) is 24.3 Å². The second-order valence-electron chi connectivity index (χ2n) is 4.94. The Labute approximate surface area is 128 Å². The molecule has 0 bridgehead atoms. The monoisotopic (exact) mass is 290 g/mol. The number of nitrogens with two attached hydrogens (primary N) is 1. The normalized spacial score (nSPS) is 12.9. The first-order valence-corrected chi connectivity index (χ1v) is 6.94. The Balaban J connectivity index is 1.80. The molecule has 2 aromatic rings. The van der Waals surface area contributed by atoms with Crippen molar-refractivity contribution in [1.29, 1.82) is 0 Å². The van der Waals surface area contributed by atoms with Crippen LogP contribution in [0.5, 0.6) is 0 Å². The summed E-state index contributed by atoms with van der Waals surface area (Å²) in [6, 6.07) is 14.3. The van der Waals surface area contributed by atoms with Gasteiger partial charge >= 0.3 is 0 Å². The molecule has 3 rings (SSSR count). The third-order valence-electron chi connectivity index (χ3n) is 3.51. The van der Waals surface area contributed by atoms with Crippen LogP contribution in [0.25, 0.3) is 0 Å². The smallest absolute Gasteiger partial charge is 0.261 e. The zero-order chi connectivity index (χ0) is 15.5. The average molecular weight is 290 g/mol. The van der Waals surface area contributed by atoms with E-state index in [0.717, 1.165) is 11.1 Å². The van der Waals surface area contributed by atoms with Gasteiger partial charge in [-0.2, -0.15) is 0 Å². The van der Waals surface area contributed by atoms with Gasteiger partial charge in [-0.25, -0.2) is 0 Å². The minimum atomic E-state index is -0.243. The summed E-state index contributed by atoms with van der Waals surface area (Å²) in [5.74, 6) is 5.23. The van der Waals surface area contributed by atoms with E-state index in [1.54, 1.807) is 24.3 Å². The summed E-state index contributed by atoms with van der Waals surface area (Å²) < 4.78 is 0. The summed E-state index contributed by atoms with van der Waals surface area (Å²) in [6.45, 7) is 0.577. The fraction of sp³-hybridized carbons (Fsp3) is 0.111. The molecular formula is C18H14N2O2. The molecule has 4 heteroatoms. The SMILES string of the molecule is NCC#Cc1ccc(CN2C(=O)c3ccccc3C2=O)cc1. The summed E-state index contributed by atoms with van der Waals surface area (Å²) >= 11 is 0. The van der Waals surface area contributed by atoms with Gasteiger partial charge in [0.2, 0.25) is 0 Å². The predicted molar refractivity (Wildman–Crippen MR) is 83.0 cm³/mol. The molecule has 0 aliphatic carbocycles. The number of hydrogen-bond donors (Lipinski definition) is 1. The zero-order valence-electron chi connectivity index (χ0n) is 11.9. The number of nitrogens with zero attached hydrogens (tertiary/aromatic N) is 1. The number of amides is 2. The van der Waals surface area contributed by atoms with Crippen LogP contribution in [0.1, 0.15) is 31.8 Å². The lowest BCUT2D eigenvalue weighted by Crippen LogP contribution is -2.29. The van der Waals surface area contributed by atoms with Gasteiger partial charge in [0, 0.05) is 5.56 Å². The summed E-state index contributed by atoms with van der Waals surface area (Å²) in [5, 5.41) is 0. The first kappa shape index (κ1) is 14.1. The van der Waals surface area contributed by atoms with Crippen molar-refractivity contribution in [3.8, 4) is 11.8 Å². The maximum atomic E-state index is 12.3. The third-order valence-corrected chi connectivity index (χ3v) is 3.51. The van der Waals surface area contributed by atoms with Crippen molar-refractivity contribution in [2.75, 3.05) is 6.54 Å². The molecule has 0 fully saturated rings. The van der Waals surface area contributed by atoms with Gasteiger partial charge in [-0.1, -0.05) is 36.1 Å². The van der Waals surface area contributed by atoms with Crippen molar-refractivity contribution in [2.45, 2.75) is 6.54 Å². The van der Waals surface area contributed by atoms with Crippen LogP contribution in [0, 0.1) is 11.8 Å². The molecule has 0 atom stereocenters. The Bertz CT molecular complexity index is 763. The first-order chi connectivity index (χ1) is 10.7. The molecular weight excluding hydrogens is 276 g/mol. The zero-order valence-corrected chi connectivity index (χ0v) is 11.9. The van der Waals surface area contributed by atoms with Gasteiger partial charge in [-0.05, 0) is 29.8 Å². The fourth-order valence-electron chi connectivity index (χ4n) is 2.41. The highest BCUT2D eigenvalue weighted by Gasteiger charge is 2.34. The predicted octanol–water partition coefficient (Wildman–Crippen LogP) is 1.79. The van der Waals surface area contributed by atoms with Gasteiger partial charge in [-0.3, -0.25) is 14.5 Å². The third kappa shape index (κ3) is 2.50. The number of hydrogen-bond acceptors (Lipinski definition) is 3. The Hall–Kier alpha value is -2.90. The molecule has 2 amide bonds. The quantitative estimate of drug-likeness (QED) is 0.677. The van der Waals surface area contributed by atoms with Crippen LogP contribution in [0.2, 0.25) is 0 Å². The van der Waals surface area contributed by atoms with Crippen molar-refractivity contribution in [2.24, 2.45) is 5.73 Å². The first-order valence-electron chi connectivity index (χ1n) is 6.94. The maximum absolute atomic E-state index is 12.3. The van der Waals surface area contributed by atoms with Crippen LogP contribution in [0.4, 0.5) is 0 Å². The molecule has 2 N–H and O–H groups in total. The highest BCUT2D eigenvalue weighted by atomic mass is 16.2. The summed E-state index contributed by atoms with van der Waals surface area (Å²) in [5.41, 5.74) is 8.01. The van der Waals surface area contributed by atoms with E-state index in [0.29, 0.717) is 17.7 Å². The van der Waals surface area contributed by atoms with E-state index in [1.165, 1.54) is 4.90 Å². The van der Waals surface area contributed by atoms with E-state index in [9.17, 15) is 9.59 Å². The van der Waals surface area contributed by atoms with Gasteiger partial charge < -0.3 is 5.73 Å². The van der Waals surface area contributed by atoms with Crippen molar-refractivity contribution in [1.82, 2.24) is 4.90 Å². The van der Waals surface area contributed by atoms with E-state index in [-0.39, 0.29) is 18.4 Å². The van der Waals surface area contributed by atoms with E-state index in [2.05, 4.69) is 11.8 Å². The molecule has 0 radical (unpaired) electrons. The number of carbonyl (C=O) groups excluding carboxylic acids is 2. The van der Waals surface area contributed by atoms with Crippen LogP contribution < -0.4 is 5.73 Å². The lowest BCUT2D eigenvalue weighted by molar-refractivity contribution is 0.0642. The molecule has 108 valence electrons. The van der Waals surface area contributed by atoms with Crippen molar-refractivity contribution in [3.63, 3.8) is 0 Å². The van der Waals surface area contributed by atoms with Crippen LogP contribution in [-0.2, 0) is 6.54 Å². The Morgan fingerprint density at radius 2 is 1.50 bits per heavy atom. The van der Waals surface area contributed by atoms with Crippen molar-refractivity contribution in [3.05, 3.63) is 70.8 Å². The molecule has 0 aromatic heterocycles. The molecule has 0 unspecified atom stereocenters. The number of rotatable bonds is 2. The van der Waals surface area contributed by atoms with Crippen LogP contribution in [0.15, 0.2) is 48.5 Å². The van der Waals surface area contributed by atoms with E-state index < -0.39 is 0 Å². The highest BCUT2D eigenvalue weighted by Crippen LogP contribution is 2.24. The molecule has 0 saturated heterocycles. The lowest BCUT2D eigenvalue weighted by Gasteiger charge is -2.13.